The van der Waals surface area contributed by atoms with Crippen LogP contribution >= 0.6 is 0 Å². The molecule has 5 heteroatoms. The molecule has 0 spiro atoms. The highest BCUT2D eigenvalue weighted by Crippen LogP contribution is 2.46. The van der Waals surface area contributed by atoms with Gasteiger partial charge in [0.05, 0.1) is 12.5 Å². The zero-order valence-corrected chi connectivity index (χ0v) is 18.4. The molecule has 0 bridgehead atoms. The van der Waals surface area contributed by atoms with E-state index in [2.05, 4.69) is 13.8 Å². The normalized spacial score (nSPS) is 18.4. The average Bonchev–Trinajstić information content (AvgIpc) is 2.84. The van der Waals surface area contributed by atoms with Crippen LogP contribution in [0.15, 0.2) is 53.4 Å². The number of nitrogens with zero attached hydrogens (tertiary/aromatic N) is 1. The van der Waals surface area contributed by atoms with Crippen LogP contribution in [0, 0.1) is 11.2 Å². The number of rotatable bonds is 8. The van der Waals surface area contributed by atoms with Crippen LogP contribution < -0.4 is 4.90 Å². The highest BCUT2D eigenvalue weighted by molar-refractivity contribution is 7.92. The minimum absolute atomic E-state index is 0.0736. The van der Waals surface area contributed by atoms with Gasteiger partial charge in [0, 0.05) is 17.8 Å². The third-order valence-corrected chi connectivity index (χ3v) is 7.76. The van der Waals surface area contributed by atoms with Gasteiger partial charge in [-0.2, -0.15) is 4.18 Å². The average molecular weight is 417 g/mol. The Hall–Kier alpha value is -1.85. The van der Waals surface area contributed by atoms with Gasteiger partial charge in [-0.05, 0) is 31.0 Å². The molecule has 29 heavy (non-hydrogen) atoms. The van der Waals surface area contributed by atoms with Crippen molar-refractivity contribution >= 4 is 28.5 Å². The molecule has 0 aromatic heterocycles. The van der Waals surface area contributed by atoms with Gasteiger partial charge in [0.2, 0.25) is 10.8 Å². The highest BCUT2D eigenvalue weighted by atomic mass is 32.2. The number of benzene rings is 2. The van der Waals surface area contributed by atoms with Gasteiger partial charge in [-0.3, -0.25) is 9.69 Å². The van der Waals surface area contributed by atoms with E-state index in [9.17, 15) is 9.18 Å². The number of carbonyl (C=O) groups is 1. The van der Waals surface area contributed by atoms with Crippen molar-refractivity contribution in [3.05, 3.63) is 54.3 Å². The van der Waals surface area contributed by atoms with Crippen molar-refractivity contribution in [3.8, 4) is 0 Å². The summed E-state index contributed by atoms with van der Waals surface area (Å²) in [7, 11) is 1.70. The van der Waals surface area contributed by atoms with Crippen LogP contribution in [0.5, 0.6) is 0 Å². The van der Waals surface area contributed by atoms with Gasteiger partial charge in [0.1, 0.15) is 11.5 Å². The SMILES string of the molecule is CCCCC1(CCCC)C[S+](OC)c2ccc(F)cc2N(c2ccccc2)C1=O. The molecule has 0 aliphatic carbocycles. The molecular formula is C24H31FNO2S+. The summed E-state index contributed by atoms with van der Waals surface area (Å²) in [6.07, 6.45) is 5.71. The molecular weight excluding hydrogens is 385 g/mol. The van der Waals surface area contributed by atoms with E-state index in [1.807, 2.05) is 30.3 Å². The van der Waals surface area contributed by atoms with Crippen LogP contribution in [-0.2, 0) is 20.2 Å². The summed E-state index contributed by atoms with van der Waals surface area (Å²) in [6.45, 7) is 4.31. The first kappa shape index (κ1) is 21.8. The second-order valence-corrected chi connectivity index (χ2v) is 9.49. The molecule has 2 aromatic rings. The summed E-state index contributed by atoms with van der Waals surface area (Å²) in [5, 5.41) is 0. The second-order valence-electron chi connectivity index (χ2n) is 7.73. The van der Waals surface area contributed by atoms with Crippen molar-refractivity contribution in [3.63, 3.8) is 0 Å². The molecule has 156 valence electrons. The molecule has 0 radical (unpaired) electrons. The molecule has 3 rings (SSSR count). The summed E-state index contributed by atoms with van der Waals surface area (Å²) < 4.78 is 20.2. The van der Waals surface area contributed by atoms with Crippen LogP contribution in [0.4, 0.5) is 15.8 Å². The van der Waals surface area contributed by atoms with Gasteiger partial charge in [-0.1, -0.05) is 57.7 Å². The standard InChI is InChI=1S/C24H31FNO2S/c1-4-6-15-24(16-7-5-2)18-29(28-3)22-14-13-19(25)17-21(22)26(23(24)27)20-11-9-8-10-12-20/h8-14,17H,4-7,15-16,18H2,1-3H3/q+1. The maximum absolute atomic E-state index is 14.3. The number of hydrogen-bond donors (Lipinski definition) is 0. The molecule has 2 aromatic carbocycles. The fourth-order valence-corrected chi connectivity index (χ4v) is 6.06. The van der Waals surface area contributed by atoms with Crippen molar-refractivity contribution < 1.29 is 13.4 Å². The molecule has 0 N–H and O–H groups in total. The van der Waals surface area contributed by atoms with Gasteiger partial charge < -0.3 is 0 Å². The lowest BCUT2D eigenvalue weighted by molar-refractivity contribution is -0.127. The zero-order valence-electron chi connectivity index (χ0n) is 17.6. The molecule has 3 nitrogen and oxygen atoms in total. The molecule has 1 heterocycles. The number of hydrogen-bond acceptors (Lipinski definition) is 2. The highest BCUT2D eigenvalue weighted by Gasteiger charge is 2.52. The monoisotopic (exact) mass is 416 g/mol. The van der Waals surface area contributed by atoms with E-state index in [4.69, 9.17) is 4.18 Å². The smallest absolute Gasteiger partial charge is 0.242 e. The fraction of sp³-hybridized carbons (Fsp3) is 0.458. The molecule has 1 atom stereocenters. The number of carbonyl (C=O) groups excluding carboxylic acids is 1. The van der Waals surface area contributed by atoms with Crippen LogP contribution in [-0.4, -0.2) is 18.8 Å². The lowest BCUT2D eigenvalue weighted by Gasteiger charge is -2.33. The molecule has 1 unspecified atom stereocenters. The molecule has 1 aliphatic heterocycles. The van der Waals surface area contributed by atoms with Crippen molar-refractivity contribution in [1.29, 1.82) is 0 Å². The Balaban J connectivity index is 2.21. The summed E-state index contributed by atoms with van der Waals surface area (Å²) in [4.78, 5) is 16.8. The predicted octanol–water partition coefficient (Wildman–Crippen LogP) is 6.41. The lowest BCUT2D eigenvalue weighted by atomic mass is 9.78. The predicted molar refractivity (Wildman–Crippen MR) is 119 cm³/mol. The largest absolute Gasteiger partial charge is 0.275 e. The Bertz CT molecular complexity index is 819. The lowest BCUT2D eigenvalue weighted by Crippen LogP contribution is -2.44. The number of halogens is 1. The molecule has 1 aliphatic rings. The Morgan fingerprint density at radius 1 is 1.07 bits per heavy atom. The third kappa shape index (κ3) is 4.51. The second kappa shape index (κ2) is 9.77. The van der Waals surface area contributed by atoms with Crippen molar-refractivity contribution in [2.24, 2.45) is 5.41 Å². The topological polar surface area (TPSA) is 29.5 Å². The first-order valence-electron chi connectivity index (χ1n) is 10.5. The summed E-state index contributed by atoms with van der Waals surface area (Å²) >= 11 is -0.573. The van der Waals surface area contributed by atoms with Gasteiger partial charge in [-0.25, -0.2) is 4.39 Å². The van der Waals surface area contributed by atoms with Crippen LogP contribution in [0.1, 0.15) is 52.4 Å². The van der Waals surface area contributed by atoms with E-state index in [0.29, 0.717) is 11.4 Å². The fourth-order valence-electron chi connectivity index (χ4n) is 4.09. The Morgan fingerprint density at radius 2 is 1.72 bits per heavy atom. The van der Waals surface area contributed by atoms with E-state index in [1.165, 1.54) is 12.1 Å². The van der Waals surface area contributed by atoms with Gasteiger partial charge in [0.15, 0.2) is 16.9 Å². The number of para-hydroxylation sites is 1. The molecule has 0 saturated carbocycles. The Morgan fingerprint density at radius 3 is 2.31 bits per heavy atom. The van der Waals surface area contributed by atoms with E-state index >= 15 is 0 Å². The van der Waals surface area contributed by atoms with Crippen LogP contribution in [0.25, 0.3) is 0 Å². The first-order chi connectivity index (χ1) is 14.1. The summed E-state index contributed by atoms with van der Waals surface area (Å²) in [5.41, 5.74) is 0.890. The van der Waals surface area contributed by atoms with E-state index in [-0.39, 0.29) is 11.7 Å². The minimum Gasteiger partial charge on any atom is -0.275 e. The van der Waals surface area contributed by atoms with E-state index in [1.54, 1.807) is 18.1 Å². The Labute approximate surface area is 176 Å². The summed E-state index contributed by atoms with van der Waals surface area (Å²) in [5.74, 6) is 0.390. The summed E-state index contributed by atoms with van der Waals surface area (Å²) in [6, 6.07) is 14.4. The van der Waals surface area contributed by atoms with E-state index < -0.39 is 16.6 Å². The first-order valence-corrected chi connectivity index (χ1v) is 11.8. The maximum Gasteiger partial charge on any atom is 0.242 e. The van der Waals surface area contributed by atoms with Crippen molar-refractivity contribution in [1.82, 2.24) is 0 Å². The molecule has 1 amide bonds. The zero-order chi connectivity index (χ0) is 20.9. The number of amides is 1. The Kier molecular flexibility index (Phi) is 7.36. The minimum atomic E-state index is -0.573. The quantitative estimate of drug-likeness (QED) is 0.465. The van der Waals surface area contributed by atoms with Gasteiger partial charge >= 0.3 is 0 Å². The van der Waals surface area contributed by atoms with Crippen LogP contribution in [0.3, 0.4) is 0 Å². The van der Waals surface area contributed by atoms with E-state index in [0.717, 1.165) is 49.1 Å². The number of fused-ring (bicyclic) bond motifs is 1. The number of anilines is 2. The van der Waals surface area contributed by atoms with Gasteiger partial charge in [-0.15, -0.1) is 0 Å². The van der Waals surface area contributed by atoms with Crippen LogP contribution in [0.2, 0.25) is 0 Å². The number of unbranched alkanes of at least 4 members (excludes halogenated alkanes) is 2. The van der Waals surface area contributed by atoms with Crippen molar-refractivity contribution in [2.75, 3.05) is 17.8 Å². The molecule has 0 fully saturated rings. The molecule has 0 saturated heterocycles. The maximum atomic E-state index is 14.3. The van der Waals surface area contributed by atoms with Crippen molar-refractivity contribution in [2.45, 2.75) is 57.3 Å². The third-order valence-electron chi connectivity index (χ3n) is 5.70. The van der Waals surface area contributed by atoms with Gasteiger partial charge in [0.25, 0.3) is 0 Å².